The minimum Gasteiger partial charge on any atom is -0.473 e. The first kappa shape index (κ1) is 25.6. The van der Waals surface area contributed by atoms with Crippen LogP contribution < -0.4 is 20.5 Å². The molecule has 0 aliphatic carbocycles. The smallest absolute Gasteiger partial charge is 0.417 e. The summed E-state index contributed by atoms with van der Waals surface area (Å²) in [5.41, 5.74) is -1.24. The number of aromatic nitrogens is 2. The molecule has 0 bridgehead atoms. The zero-order chi connectivity index (χ0) is 25.4. The highest BCUT2D eigenvalue weighted by molar-refractivity contribution is 5.46. The van der Waals surface area contributed by atoms with Gasteiger partial charge in [0.05, 0.1) is 23.5 Å². The Kier molecular flexibility index (Phi) is 8.30. The maximum atomic E-state index is 13.5. The van der Waals surface area contributed by atoms with Gasteiger partial charge >= 0.3 is 11.9 Å². The molecule has 0 amide bonds. The minimum absolute atomic E-state index is 0.0251. The van der Waals surface area contributed by atoms with Crippen molar-refractivity contribution in [2.24, 2.45) is 0 Å². The van der Waals surface area contributed by atoms with Crippen LogP contribution in [-0.4, -0.2) is 22.3 Å². The molecule has 2 heterocycles. The third-order valence-electron chi connectivity index (χ3n) is 4.95. The molecule has 184 valence electrons. The van der Waals surface area contributed by atoms with Crippen molar-refractivity contribution in [1.29, 1.82) is 5.26 Å². The van der Waals surface area contributed by atoms with Gasteiger partial charge in [0.2, 0.25) is 5.88 Å². The summed E-state index contributed by atoms with van der Waals surface area (Å²) in [6, 6.07) is 7.74. The lowest BCUT2D eigenvalue weighted by Gasteiger charge is -2.11. The van der Waals surface area contributed by atoms with Crippen molar-refractivity contribution in [3.63, 3.8) is 0 Å². The van der Waals surface area contributed by atoms with Crippen molar-refractivity contribution in [2.75, 3.05) is 11.9 Å². The Bertz CT molecular complexity index is 1260. The number of hydrogen-bond donors (Lipinski definition) is 1. The van der Waals surface area contributed by atoms with Crippen molar-refractivity contribution in [2.45, 2.75) is 39.3 Å². The third-order valence-corrected chi connectivity index (χ3v) is 4.95. The number of anilines is 1. The lowest BCUT2D eigenvalue weighted by molar-refractivity contribution is -0.0891. The number of allylic oxidation sites excluding steroid dienone is 5. The van der Waals surface area contributed by atoms with Crippen LogP contribution in [0.25, 0.3) is 0 Å². The molecule has 1 N–H and O–H groups in total. The lowest BCUT2D eigenvalue weighted by Crippen LogP contribution is -2.21. The molecule has 1 aliphatic heterocycles. The Hall–Kier alpha value is -4.07. The summed E-state index contributed by atoms with van der Waals surface area (Å²) in [5.74, 6) is 0.898. The largest absolute Gasteiger partial charge is 0.473 e. The number of fused-ring (bicyclic) bond motifs is 1. The van der Waals surface area contributed by atoms with E-state index in [0.29, 0.717) is 24.5 Å². The fourth-order valence-electron chi connectivity index (χ4n) is 3.33. The summed E-state index contributed by atoms with van der Waals surface area (Å²) in [5, 5.41) is 12.1. The van der Waals surface area contributed by atoms with Crippen molar-refractivity contribution in [3.8, 4) is 17.7 Å². The molecule has 0 atom stereocenters. The van der Waals surface area contributed by atoms with E-state index < -0.39 is 29.7 Å². The average Bonchev–Trinajstić information content (AvgIpc) is 3.31. The minimum atomic E-state index is -4.66. The average molecular weight is 490 g/mol. The van der Waals surface area contributed by atoms with Crippen molar-refractivity contribution < 1.29 is 27.0 Å². The molecule has 0 saturated carbocycles. The van der Waals surface area contributed by atoms with E-state index in [2.05, 4.69) is 10.3 Å². The van der Waals surface area contributed by atoms with Gasteiger partial charge in [-0.3, -0.25) is 4.57 Å². The highest BCUT2D eigenvalue weighted by atomic mass is 19.4. The summed E-state index contributed by atoms with van der Waals surface area (Å²) in [7, 11) is 0. The molecule has 2 aromatic rings. The number of nitrogens with one attached hydrogen (secondary N) is 1. The Labute approximate surface area is 198 Å². The molecular formula is C24H22F4N4O3. The van der Waals surface area contributed by atoms with E-state index in [-0.39, 0.29) is 30.2 Å². The summed E-state index contributed by atoms with van der Waals surface area (Å²) in [4.78, 5) is 15.8. The molecule has 7 nitrogen and oxygen atoms in total. The molecule has 1 aromatic carbocycles. The topological polar surface area (TPSA) is 89.2 Å². The van der Waals surface area contributed by atoms with Gasteiger partial charge in [-0.2, -0.15) is 23.4 Å². The molecule has 0 saturated heterocycles. The monoisotopic (exact) mass is 490 g/mol. The summed E-state index contributed by atoms with van der Waals surface area (Å²) in [6.07, 6.45) is -0.438. The zero-order valence-electron chi connectivity index (χ0n) is 18.7. The summed E-state index contributed by atoms with van der Waals surface area (Å²) < 4.78 is 65.3. The number of benzene rings is 1. The summed E-state index contributed by atoms with van der Waals surface area (Å²) >= 11 is 0. The Morgan fingerprint density at radius 1 is 1.34 bits per heavy atom. The standard InChI is InChI=1S/C24H22F4N4O3/c1-2-4-19(24(26,27)28)17(14-29)5-3-10-34-20-7-6-16(11-18(20)13-25)15-35-22-12-21-30-8-9-32(21)23(33)31-22/h3-7,10-12,30H,2,8-9,13,15H2,1H3/b10-3+,17-5-,19-4+. The van der Waals surface area contributed by atoms with Gasteiger partial charge in [0, 0.05) is 24.7 Å². The number of nitrogens with zero attached hydrogens (tertiary/aromatic N) is 3. The van der Waals surface area contributed by atoms with Crippen LogP contribution in [0.1, 0.15) is 24.5 Å². The number of nitriles is 1. The van der Waals surface area contributed by atoms with Crippen LogP contribution in [0.3, 0.4) is 0 Å². The summed E-state index contributed by atoms with van der Waals surface area (Å²) in [6.45, 7) is 1.85. The first-order valence-corrected chi connectivity index (χ1v) is 10.6. The molecule has 0 radical (unpaired) electrons. The van der Waals surface area contributed by atoms with Gasteiger partial charge in [-0.05, 0) is 36.3 Å². The molecule has 3 rings (SSSR count). The Morgan fingerprint density at radius 2 is 2.14 bits per heavy atom. The van der Waals surface area contributed by atoms with Crippen LogP contribution in [0.4, 0.5) is 23.4 Å². The maximum absolute atomic E-state index is 13.5. The van der Waals surface area contributed by atoms with Gasteiger partial charge in [-0.15, -0.1) is 0 Å². The van der Waals surface area contributed by atoms with Crippen LogP contribution in [0.2, 0.25) is 0 Å². The van der Waals surface area contributed by atoms with E-state index in [0.717, 1.165) is 24.5 Å². The molecule has 0 unspecified atom stereocenters. The second-order valence-corrected chi connectivity index (χ2v) is 7.37. The quantitative estimate of drug-likeness (QED) is 0.231. The first-order valence-electron chi connectivity index (χ1n) is 10.6. The highest BCUT2D eigenvalue weighted by Gasteiger charge is 2.35. The SMILES string of the molecule is CC\C=C(/C(C#N)=C\C=C\Oc1ccc(COc2cc3n(c(=O)n2)CCN3)cc1CF)C(F)(F)F. The molecule has 1 aliphatic rings. The number of rotatable bonds is 9. The number of halogens is 4. The third kappa shape index (κ3) is 6.50. The van der Waals surface area contributed by atoms with Crippen LogP contribution in [0, 0.1) is 11.3 Å². The molecule has 1 aromatic heterocycles. The highest BCUT2D eigenvalue weighted by Crippen LogP contribution is 2.31. The van der Waals surface area contributed by atoms with Crippen LogP contribution in [-0.2, 0) is 19.8 Å². The molecule has 11 heteroatoms. The van der Waals surface area contributed by atoms with E-state index in [4.69, 9.17) is 14.7 Å². The van der Waals surface area contributed by atoms with Crippen LogP contribution >= 0.6 is 0 Å². The van der Waals surface area contributed by atoms with E-state index in [1.54, 1.807) is 12.1 Å². The van der Waals surface area contributed by atoms with Gasteiger partial charge in [-0.25, -0.2) is 9.18 Å². The molecule has 35 heavy (non-hydrogen) atoms. The normalized spacial score (nSPS) is 13.9. The number of alkyl halides is 4. The molecule has 0 spiro atoms. The second-order valence-electron chi connectivity index (χ2n) is 7.37. The van der Waals surface area contributed by atoms with Gasteiger partial charge < -0.3 is 14.8 Å². The fraction of sp³-hybridized carbons (Fsp3) is 0.292. The van der Waals surface area contributed by atoms with Gasteiger partial charge in [0.1, 0.15) is 24.8 Å². The van der Waals surface area contributed by atoms with Gasteiger partial charge in [0.25, 0.3) is 0 Å². The fourth-order valence-corrected chi connectivity index (χ4v) is 3.33. The predicted molar refractivity (Wildman–Crippen MR) is 120 cm³/mol. The van der Waals surface area contributed by atoms with Gasteiger partial charge in [-0.1, -0.05) is 19.1 Å². The molecular weight excluding hydrogens is 468 g/mol. The number of ether oxygens (including phenoxy) is 2. The number of hydrogen-bond acceptors (Lipinski definition) is 6. The zero-order valence-corrected chi connectivity index (χ0v) is 18.7. The Balaban J connectivity index is 1.67. The van der Waals surface area contributed by atoms with Crippen molar-refractivity contribution in [3.05, 3.63) is 81.5 Å². The Morgan fingerprint density at radius 3 is 2.83 bits per heavy atom. The van der Waals surface area contributed by atoms with Crippen LogP contribution in [0.15, 0.2) is 64.7 Å². The van der Waals surface area contributed by atoms with Crippen LogP contribution in [0.5, 0.6) is 11.6 Å². The van der Waals surface area contributed by atoms with Gasteiger partial charge in [0.15, 0.2) is 0 Å². The maximum Gasteiger partial charge on any atom is 0.417 e. The van der Waals surface area contributed by atoms with E-state index in [9.17, 15) is 22.4 Å². The van der Waals surface area contributed by atoms with Crippen molar-refractivity contribution in [1.82, 2.24) is 9.55 Å². The van der Waals surface area contributed by atoms with E-state index in [1.807, 2.05) is 0 Å². The second kappa shape index (κ2) is 11.4. The lowest BCUT2D eigenvalue weighted by atomic mass is 10.1. The van der Waals surface area contributed by atoms with E-state index >= 15 is 0 Å². The van der Waals surface area contributed by atoms with E-state index in [1.165, 1.54) is 29.7 Å². The van der Waals surface area contributed by atoms with Crippen molar-refractivity contribution >= 4 is 5.82 Å². The predicted octanol–water partition coefficient (Wildman–Crippen LogP) is 4.96. The molecule has 0 fully saturated rings. The first-order chi connectivity index (χ1) is 16.8.